The van der Waals surface area contributed by atoms with Crippen LogP contribution in [0.1, 0.15) is 297 Å². The molecular formula is C89H144O17P2. The van der Waals surface area contributed by atoms with Crippen LogP contribution in [-0.2, 0) is 65.4 Å². The van der Waals surface area contributed by atoms with Crippen molar-refractivity contribution in [2.45, 2.75) is 316 Å². The van der Waals surface area contributed by atoms with Gasteiger partial charge in [-0.1, -0.05) is 293 Å². The van der Waals surface area contributed by atoms with E-state index in [0.29, 0.717) is 25.7 Å². The highest BCUT2D eigenvalue weighted by Gasteiger charge is 2.30. The lowest BCUT2D eigenvalue weighted by molar-refractivity contribution is -0.161. The molecule has 0 bridgehead atoms. The second-order valence-corrected chi connectivity index (χ2v) is 29.5. The third-order valence-electron chi connectivity index (χ3n) is 16.4. The summed E-state index contributed by atoms with van der Waals surface area (Å²) in [5.41, 5.74) is 0. The van der Waals surface area contributed by atoms with E-state index < -0.39 is 97.5 Å². The van der Waals surface area contributed by atoms with Gasteiger partial charge in [0.1, 0.15) is 19.3 Å². The zero-order valence-electron chi connectivity index (χ0n) is 66.9. The van der Waals surface area contributed by atoms with Gasteiger partial charge in [0.25, 0.3) is 0 Å². The van der Waals surface area contributed by atoms with E-state index in [1.165, 1.54) is 19.3 Å². The molecule has 108 heavy (non-hydrogen) atoms. The summed E-state index contributed by atoms with van der Waals surface area (Å²) in [5, 5.41) is 10.7. The number of ether oxygens (including phenoxy) is 4. The van der Waals surface area contributed by atoms with E-state index in [0.717, 1.165) is 199 Å². The van der Waals surface area contributed by atoms with Gasteiger partial charge < -0.3 is 33.8 Å². The van der Waals surface area contributed by atoms with E-state index in [9.17, 15) is 43.2 Å². The SMILES string of the molecule is CC/C=C\C/C=C\C/C=C\C/C=C\C/C=C\CC(=O)OCC(COP(=O)(O)OCC(O)COP(=O)(O)OCC(COC(=O)CCCCCCCC/C=C\C/C=C\C/C=C\C/C=C\CC)OC(=O)CCCCCCCC/C=C\C/C=C\C/C=C\C/C=C\CC)OC(=O)CCCCCCC/C=C\C/C=C\CCCCC. The monoisotopic (exact) mass is 1550 g/mol. The number of rotatable bonds is 75. The number of esters is 4. The summed E-state index contributed by atoms with van der Waals surface area (Å²) in [5.74, 6) is -2.38. The zero-order chi connectivity index (χ0) is 78.9. The molecule has 19 heteroatoms. The average Bonchev–Trinajstić information content (AvgIpc) is 0.899. The van der Waals surface area contributed by atoms with Gasteiger partial charge in [0.05, 0.1) is 32.8 Å². The van der Waals surface area contributed by atoms with Crippen LogP contribution in [-0.4, -0.2) is 96.7 Å². The normalized spacial score (nSPS) is 14.8. The van der Waals surface area contributed by atoms with Crippen LogP contribution in [0.2, 0.25) is 0 Å². The molecule has 5 atom stereocenters. The molecule has 0 aliphatic carbocycles. The van der Waals surface area contributed by atoms with Crippen molar-refractivity contribution in [1.82, 2.24) is 0 Å². The number of phosphoric acid groups is 2. The van der Waals surface area contributed by atoms with Gasteiger partial charge in [-0.2, -0.15) is 0 Å². The Morgan fingerprint density at radius 2 is 0.519 bits per heavy atom. The van der Waals surface area contributed by atoms with Gasteiger partial charge in [0.2, 0.25) is 0 Å². The molecule has 0 aromatic rings. The predicted molar refractivity (Wildman–Crippen MR) is 445 cm³/mol. The van der Waals surface area contributed by atoms with Gasteiger partial charge in [-0.3, -0.25) is 37.3 Å². The molecule has 0 aliphatic heterocycles. The van der Waals surface area contributed by atoms with Crippen LogP contribution < -0.4 is 0 Å². The average molecular weight is 1550 g/mol. The van der Waals surface area contributed by atoms with Crippen molar-refractivity contribution in [3.05, 3.63) is 182 Å². The molecule has 0 spiro atoms. The number of carbonyl (C=O) groups excluding carboxylic acids is 4. The lowest BCUT2D eigenvalue weighted by atomic mass is 10.1. The molecule has 612 valence electrons. The highest BCUT2D eigenvalue weighted by Crippen LogP contribution is 2.45. The van der Waals surface area contributed by atoms with Crippen LogP contribution in [0, 0.1) is 0 Å². The van der Waals surface area contributed by atoms with Crippen LogP contribution in [0.3, 0.4) is 0 Å². The number of unbranched alkanes of at least 4 members (excludes halogenated alkanes) is 20. The zero-order valence-corrected chi connectivity index (χ0v) is 68.7. The highest BCUT2D eigenvalue weighted by molar-refractivity contribution is 7.47. The Bertz CT molecular complexity index is 2760. The fourth-order valence-electron chi connectivity index (χ4n) is 10.2. The smallest absolute Gasteiger partial charge is 0.462 e. The van der Waals surface area contributed by atoms with Crippen molar-refractivity contribution in [2.75, 3.05) is 39.6 Å². The fourth-order valence-corrected chi connectivity index (χ4v) is 11.8. The summed E-state index contributed by atoms with van der Waals surface area (Å²) in [7, 11) is -10.0. The van der Waals surface area contributed by atoms with E-state index in [1.54, 1.807) is 6.08 Å². The van der Waals surface area contributed by atoms with Crippen LogP contribution >= 0.6 is 15.6 Å². The van der Waals surface area contributed by atoms with Crippen molar-refractivity contribution in [3.63, 3.8) is 0 Å². The molecule has 0 amide bonds. The largest absolute Gasteiger partial charge is 0.472 e. The van der Waals surface area contributed by atoms with Crippen LogP contribution in [0.5, 0.6) is 0 Å². The predicted octanol–water partition coefficient (Wildman–Crippen LogP) is 24.3. The van der Waals surface area contributed by atoms with Crippen molar-refractivity contribution in [3.8, 4) is 0 Å². The summed E-state index contributed by atoms with van der Waals surface area (Å²) >= 11 is 0. The summed E-state index contributed by atoms with van der Waals surface area (Å²) in [6.45, 7) is 4.34. The summed E-state index contributed by atoms with van der Waals surface area (Å²) < 4.78 is 68.6. The molecular weight excluding hydrogens is 1400 g/mol. The number of hydrogen-bond donors (Lipinski definition) is 3. The Morgan fingerprint density at radius 1 is 0.278 bits per heavy atom. The van der Waals surface area contributed by atoms with Gasteiger partial charge >= 0.3 is 39.5 Å². The second-order valence-electron chi connectivity index (χ2n) is 26.6. The van der Waals surface area contributed by atoms with Crippen LogP contribution in [0.4, 0.5) is 0 Å². The number of aliphatic hydroxyl groups is 1. The maximum atomic E-state index is 13.1. The fraction of sp³-hybridized carbons (Fsp3) is 0.618. The summed E-state index contributed by atoms with van der Waals surface area (Å²) in [6, 6.07) is 0. The van der Waals surface area contributed by atoms with Gasteiger partial charge in [-0.15, -0.1) is 0 Å². The first-order valence-electron chi connectivity index (χ1n) is 41.0. The maximum Gasteiger partial charge on any atom is 0.472 e. The summed E-state index contributed by atoms with van der Waals surface area (Å²) in [4.78, 5) is 73.1. The van der Waals surface area contributed by atoms with E-state index >= 15 is 0 Å². The Morgan fingerprint density at radius 3 is 0.824 bits per heavy atom. The Kier molecular flexibility index (Phi) is 75.0. The number of allylic oxidation sites excluding steroid dienone is 29. The molecule has 0 radical (unpaired) electrons. The molecule has 17 nitrogen and oxygen atoms in total. The number of hydrogen-bond acceptors (Lipinski definition) is 15. The number of carbonyl (C=O) groups is 4. The molecule has 3 N–H and O–H groups in total. The molecule has 0 fully saturated rings. The van der Waals surface area contributed by atoms with Crippen molar-refractivity contribution in [1.29, 1.82) is 0 Å². The minimum absolute atomic E-state index is 0.0532. The van der Waals surface area contributed by atoms with Gasteiger partial charge in [0.15, 0.2) is 12.2 Å². The third kappa shape index (κ3) is 78.3. The maximum absolute atomic E-state index is 13.1. The standard InChI is InChI=1S/C89H144O17P2/c1-5-9-13-17-21-25-29-33-37-39-41-43-47-50-54-58-62-66-70-74-87(92)100-80-85(106-89(94)76-72-68-64-60-56-52-48-44-42-40-38-34-30-26-22-18-14-10-6-2)82-104-108(97,98)102-78-83(90)77-101-107(95,96)103-81-84(105-88(93)75-71-67-63-59-55-51-46-36-32-28-24-20-16-12-8-4)79-99-86(91)73-69-65-61-57-53-49-45-35-31-27-23-19-15-11-7-3/h9-11,13-15,21-28,33-38,41-46,53,57,65,69,83-85,90H,5-8,12,16-20,29-32,39-40,47-52,54-56,58-64,66-68,70-82H2,1-4H3,(H,95,96)(H,97,98)/b13-9-,14-10-,15-11-,25-21-,26-22-,27-23-,28-24-,37-33-,38-34-,43-41-,44-42-,45-35-,46-36-,57-53-,69-65-. The number of phosphoric ester groups is 2. The quantitative estimate of drug-likeness (QED) is 0.0169. The minimum Gasteiger partial charge on any atom is -0.462 e. The molecule has 0 saturated carbocycles. The molecule has 0 aromatic heterocycles. The molecule has 5 unspecified atom stereocenters. The lowest BCUT2D eigenvalue weighted by Crippen LogP contribution is -2.30. The van der Waals surface area contributed by atoms with Gasteiger partial charge in [0, 0.05) is 19.3 Å². The van der Waals surface area contributed by atoms with Crippen molar-refractivity contribution >= 4 is 39.5 Å². The first-order chi connectivity index (χ1) is 52.7. The van der Waals surface area contributed by atoms with Crippen molar-refractivity contribution < 1.29 is 80.2 Å². The number of aliphatic hydroxyl groups excluding tert-OH is 1. The van der Waals surface area contributed by atoms with Crippen LogP contribution in [0.25, 0.3) is 0 Å². The topological polar surface area (TPSA) is 237 Å². The Labute approximate surface area is 654 Å². The van der Waals surface area contributed by atoms with Crippen LogP contribution in [0.15, 0.2) is 182 Å². The van der Waals surface area contributed by atoms with E-state index in [1.807, 2.05) is 18.2 Å². The van der Waals surface area contributed by atoms with E-state index in [4.69, 9.17) is 37.0 Å². The first kappa shape index (κ1) is 102. The third-order valence-corrected chi connectivity index (χ3v) is 18.3. The lowest BCUT2D eigenvalue weighted by Gasteiger charge is -2.21. The summed E-state index contributed by atoms with van der Waals surface area (Å²) in [6.07, 6.45) is 96.0. The second kappa shape index (κ2) is 79.3. The highest BCUT2D eigenvalue weighted by atomic mass is 31.2. The van der Waals surface area contributed by atoms with E-state index in [2.05, 4.69) is 186 Å². The van der Waals surface area contributed by atoms with Gasteiger partial charge in [-0.05, 0) is 161 Å². The van der Waals surface area contributed by atoms with E-state index in [-0.39, 0.29) is 25.7 Å². The van der Waals surface area contributed by atoms with Crippen molar-refractivity contribution in [2.24, 2.45) is 0 Å². The molecule has 0 aliphatic rings. The Balaban J connectivity index is 5.49. The molecule has 0 rings (SSSR count). The van der Waals surface area contributed by atoms with Gasteiger partial charge in [-0.25, -0.2) is 9.13 Å². The molecule has 0 aromatic carbocycles. The minimum atomic E-state index is -5.01. The molecule has 0 saturated heterocycles. The molecule has 0 heterocycles. The Hall–Kier alpha value is -5.84. The first-order valence-corrected chi connectivity index (χ1v) is 44.0.